The molecule has 0 aliphatic heterocycles. The summed E-state index contributed by atoms with van der Waals surface area (Å²) in [5.41, 5.74) is 0.763. The number of pyridine rings is 1. The summed E-state index contributed by atoms with van der Waals surface area (Å²) in [6, 6.07) is 15.0. The molecule has 0 fully saturated rings. The van der Waals surface area contributed by atoms with E-state index >= 15 is 0 Å². The van der Waals surface area contributed by atoms with Crippen molar-refractivity contribution < 1.29 is 13.6 Å². The van der Waals surface area contributed by atoms with E-state index in [0.717, 1.165) is 5.69 Å². The predicted molar refractivity (Wildman–Crippen MR) is 82.9 cm³/mol. The monoisotopic (exact) mass is 310 g/mol. The van der Waals surface area contributed by atoms with Crippen molar-refractivity contribution in [3.05, 3.63) is 89.9 Å². The van der Waals surface area contributed by atoms with Gasteiger partial charge in [-0.15, -0.1) is 0 Å². The molecule has 0 atom stereocenters. The van der Waals surface area contributed by atoms with Gasteiger partial charge in [-0.2, -0.15) is 0 Å². The molecule has 2 aromatic heterocycles. The van der Waals surface area contributed by atoms with Crippen LogP contribution in [-0.2, 0) is 13.1 Å². The van der Waals surface area contributed by atoms with Crippen LogP contribution in [0.25, 0.3) is 0 Å². The van der Waals surface area contributed by atoms with Crippen LogP contribution in [0.2, 0.25) is 0 Å². The van der Waals surface area contributed by atoms with E-state index in [2.05, 4.69) is 4.98 Å². The number of benzene rings is 1. The summed E-state index contributed by atoms with van der Waals surface area (Å²) in [4.78, 5) is 18.5. The summed E-state index contributed by atoms with van der Waals surface area (Å²) >= 11 is 0. The molecule has 5 heteroatoms. The number of amides is 1. The zero-order chi connectivity index (χ0) is 16.1. The molecule has 23 heavy (non-hydrogen) atoms. The summed E-state index contributed by atoms with van der Waals surface area (Å²) < 4.78 is 19.2. The first-order valence-corrected chi connectivity index (χ1v) is 7.20. The number of carbonyl (C=O) groups excluding carboxylic acids is 1. The first kappa shape index (κ1) is 15.0. The van der Waals surface area contributed by atoms with E-state index in [4.69, 9.17) is 4.42 Å². The normalized spacial score (nSPS) is 10.5. The Bertz CT molecular complexity index is 773. The highest BCUT2D eigenvalue weighted by molar-refractivity contribution is 5.94. The van der Waals surface area contributed by atoms with Gasteiger partial charge in [0.1, 0.15) is 11.6 Å². The zero-order valence-corrected chi connectivity index (χ0v) is 12.4. The summed E-state index contributed by atoms with van der Waals surface area (Å²) in [6.07, 6.45) is 3.20. The third kappa shape index (κ3) is 3.63. The van der Waals surface area contributed by atoms with E-state index in [9.17, 15) is 9.18 Å². The fourth-order valence-electron chi connectivity index (χ4n) is 2.28. The number of hydrogen-bond acceptors (Lipinski definition) is 3. The zero-order valence-electron chi connectivity index (χ0n) is 12.4. The van der Waals surface area contributed by atoms with Crippen molar-refractivity contribution in [1.29, 1.82) is 0 Å². The molecule has 3 aromatic rings. The second-order valence-electron chi connectivity index (χ2n) is 5.04. The maximum atomic E-state index is 13.9. The van der Waals surface area contributed by atoms with Crippen molar-refractivity contribution in [1.82, 2.24) is 9.88 Å². The Labute approximate surface area is 133 Å². The molecule has 0 unspecified atom stereocenters. The molecule has 4 nitrogen and oxygen atoms in total. The number of hydrogen-bond donors (Lipinski definition) is 0. The minimum Gasteiger partial charge on any atom is -0.467 e. The second-order valence-corrected chi connectivity index (χ2v) is 5.04. The molecule has 0 aliphatic carbocycles. The SMILES string of the molecule is O=C(c1ccccc1F)N(Cc1ccccn1)Cc1ccco1. The molecule has 0 radical (unpaired) electrons. The average molecular weight is 310 g/mol. The van der Waals surface area contributed by atoms with Crippen LogP contribution in [-0.4, -0.2) is 15.8 Å². The maximum absolute atomic E-state index is 13.9. The molecule has 0 saturated heterocycles. The van der Waals surface area contributed by atoms with E-state index in [1.165, 1.54) is 17.0 Å². The molecule has 0 N–H and O–H groups in total. The first-order valence-electron chi connectivity index (χ1n) is 7.20. The molecule has 2 heterocycles. The lowest BCUT2D eigenvalue weighted by atomic mass is 10.1. The molecule has 1 aromatic carbocycles. The van der Waals surface area contributed by atoms with Gasteiger partial charge in [0.05, 0.1) is 30.6 Å². The van der Waals surface area contributed by atoms with Crippen molar-refractivity contribution in [2.24, 2.45) is 0 Å². The third-order valence-corrected chi connectivity index (χ3v) is 3.40. The van der Waals surface area contributed by atoms with E-state index in [1.54, 1.807) is 42.8 Å². The second kappa shape index (κ2) is 6.87. The molecular weight excluding hydrogens is 295 g/mol. The molecule has 0 bridgehead atoms. The van der Waals surface area contributed by atoms with Crippen LogP contribution in [0, 0.1) is 5.82 Å². The lowest BCUT2D eigenvalue weighted by Crippen LogP contribution is -2.31. The Hall–Kier alpha value is -2.95. The van der Waals surface area contributed by atoms with Crippen molar-refractivity contribution in [2.75, 3.05) is 0 Å². The lowest BCUT2D eigenvalue weighted by molar-refractivity contribution is 0.0710. The highest BCUT2D eigenvalue weighted by Crippen LogP contribution is 2.15. The summed E-state index contributed by atoms with van der Waals surface area (Å²) in [5.74, 6) is -0.307. The Morgan fingerprint density at radius 3 is 2.57 bits per heavy atom. The predicted octanol–water partition coefficient (Wildman–Crippen LogP) is 3.66. The number of carbonyl (C=O) groups is 1. The quantitative estimate of drug-likeness (QED) is 0.722. The van der Waals surface area contributed by atoms with Crippen molar-refractivity contribution in [2.45, 2.75) is 13.1 Å². The number of furan rings is 1. The number of aromatic nitrogens is 1. The number of halogens is 1. The van der Waals surface area contributed by atoms with Crippen LogP contribution in [0.4, 0.5) is 4.39 Å². The first-order chi connectivity index (χ1) is 11.2. The van der Waals surface area contributed by atoms with Crippen LogP contribution >= 0.6 is 0 Å². The fourth-order valence-corrected chi connectivity index (χ4v) is 2.28. The van der Waals surface area contributed by atoms with Crippen molar-refractivity contribution in [3.63, 3.8) is 0 Å². The molecule has 0 aliphatic rings. The Kier molecular flexibility index (Phi) is 4.47. The lowest BCUT2D eigenvalue weighted by Gasteiger charge is -2.21. The molecule has 116 valence electrons. The van der Waals surface area contributed by atoms with Crippen LogP contribution < -0.4 is 0 Å². The smallest absolute Gasteiger partial charge is 0.257 e. The van der Waals surface area contributed by atoms with Gasteiger partial charge in [-0.05, 0) is 36.4 Å². The minimum absolute atomic E-state index is 0.0370. The minimum atomic E-state index is -0.539. The van der Waals surface area contributed by atoms with Crippen LogP contribution in [0.15, 0.2) is 71.5 Å². The molecular formula is C18H15FN2O2. The van der Waals surface area contributed by atoms with Crippen LogP contribution in [0.5, 0.6) is 0 Å². The molecule has 1 amide bonds. The number of rotatable bonds is 5. The van der Waals surface area contributed by atoms with E-state index in [0.29, 0.717) is 5.76 Å². The summed E-state index contributed by atoms with van der Waals surface area (Å²) in [5, 5.41) is 0. The van der Waals surface area contributed by atoms with Gasteiger partial charge < -0.3 is 9.32 Å². The van der Waals surface area contributed by atoms with E-state index in [1.807, 2.05) is 12.1 Å². The molecule has 3 rings (SSSR count). The third-order valence-electron chi connectivity index (χ3n) is 3.40. The van der Waals surface area contributed by atoms with Gasteiger partial charge in [0.25, 0.3) is 5.91 Å². The van der Waals surface area contributed by atoms with Gasteiger partial charge in [-0.25, -0.2) is 4.39 Å². The van der Waals surface area contributed by atoms with Gasteiger partial charge in [-0.3, -0.25) is 9.78 Å². The summed E-state index contributed by atoms with van der Waals surface area (Å²) in [6.45, 7) is 0.519. The largest absolute Gasteiger partial charge is 0.467 e. The van der Waals surface area contributed by atoms with Gasteiger partial charge in [0.15, 0.2) is 0 Å². The highest BCUT2D eigenvalue weighted by Gasteiger charge is 2.20. The van der Waals surface area contributed by atoms with Crippen LogP contribution in [0.1, 0.15) is 21.8 Å². The highest BCUT2D eigenvalue weighted by atomic mass is 19.1. The van der Waals surface area contributed by atoms with Gasteiger partial charge in [0.2, 0.25) is 0 Å². The van der Waals surface area contributed by atoms with E-state index in [-0.39, 0.29) is 18.7 Å². The average Bonchev–Trinajstić information content (AvgIpc) is 3.08. The van der Waals surface area contributed by atoms with Crippen molar-refractivity contribution >= 4 is 5.91 Å². The Balaban J connectivity index is 1.88. The van der Waals surface area contributed by atoms with E-state index < -0.39 is 11.7 Å². The maximum Gasteiger partial charge on any atom is 0.257 e. The summed E-state index contributed by atoms with van der Waals surface area (Å²) in [7, 11) is 0. The number of nitrogens with zero attached hydrogens (tertiary/aromatic N) is 2. The van der Waals surface area contributed by atoms with Crippen LogP contribution in [0.3, 0.4) is 0 Å². The topological polar surface area (TPSA) is 46.3 Å². The molecule has 0 saturated carbocycles. The standard InChI is InChI=1S/C18H15FN2O2/c19-17-9-2-1-8-16(17)18(22)21(13-15-7-5-11-23-15)12-14-6-3-4-10-20-14/h1-11H,12-13H2. The fraction of sp³-hybridized carbons (Fsp3) is 0.111. The van der Waals surface area contributed by atoms with Gasteiger partial charge in [-0.1, -0.05) is 18.2 Å². The van der Waals surface area contributed by atoms with Gasteiger partial charge >= 0.3 is 0 Å². The molecule has 0 spiro atoms. The van der Waals surface area contributed by atoms with Crippen molar-refractivity contribution in [3.8, 4) is 0 Å². The Morgan fingerprint density at radius 1 is 1.04 bits per heavy atom. The van der Waals surface area contributed by atoms with Gasteiger partial charge in [0, 0.05) is 6.20 Å². The Morgan fingerprint density at radius 2 is 1.87 bits per heavy atom.